The molecule has 0 amide bonds. The molecule has 0 aromatic heterocycles. The monoisotopic (exact) mass is 285 g/mol. The van der Waals surface area contributed by atoms with Crippen LogP contribution in [0.2, 0.25) is 0 Å². The molecule has 0 unspecified atom stereocenters. The number of benzene rings is 1. The molecule has 0 aliphatic rings. The van der Waals surface area contributed by atoms with Crippen LogP contribution in [0.15, 0.2) is 34.6 Å². The Hall–Kier alpha value is -3.19. The van der Waals surface area contributed by atoms with Gasteiger partial charge in [-0.15, -0.1) is 0 Å². The lowest BCUT2D eigenvalue weighted by Gasteiger charge is -2.08. The van der Waals surface area contributed by atoms with Crippen LogP contribution in [0, 0.1) is 22.7 Å². The third-order valence-electron chi connectivity index (χ3n) is 2.52. The van der Waals surface area contributed by atoms with Gasteiger partial charge in [-0.3, -0.25) is 4.99 Å². The Kier molecular flexibility index (Phi) is 6.10. The number of aliphatic imine (C=N–C) groups is 1. The fourth-order valence-corrected chi connectivity index (χ4v) is 1.47. The number of ether oxygens (including phenoxy) is 2. The number of nitrogens with two attached hydrogens (primary N) is 1. The predicted octanol–water partition coefficient (Wildman–Crippen LogP) is 1.04. The number of hydrogen-bond acceptors (Lipinski definition) is 6. The summed E-state index contributed by atoms with van der Waals surface area (Å²) in [5, 5.41) is 19.9. The number of hydrogen-bond donors (Lipinski definition) is 2. The molecule has 1 rings (SSSR count). The van der Waals surface area contributed by atoms with Crippen molar-refractivity contribution < 1.29 is 9.47 Å². The minimum atomic E-state index is -0.185. The van der Waals surface area contributed by atoms with E-state index in [1.54, 1.807) is 38.5 Å². The second-order valence-electron chi connectivity index (χ2n) is 3.82. The van der Waals surface area contributed by atoms with Crippen molar-refractivity contribution in [1.29, 1.82) is 10.5 Å². The van der Waals surface area contributed by atoms with Crippen LogP contribution in [-0.4, -0.2) is 20.6 Å². The highest BCUT2D eigenvalue weighted by Crippen LogP contribution is 2.27. The van der Waals surface area contributed by atoms with E-state index in [1.165, 1.54) is 6.34 Å². The second kappa shape index (κ2) is 8.08. The lowest BCUT2D eigenvalue weighted by Crippen LogP contribution is -2.15. The molecule has 7 nitrogen and oxygen atoms in total. The van der Waals surface area contributed by atoms with Crippen LogP contribution in [0.25, 0.3) is 0 Å². The van der Waals surface area contributed by atoms with Crippen LogP contribution in [0.1, 0.15) is 5.56 Å². The van der Waals surface area contributed by atoms with Gasteiger partial charge in [0.1, 0.15) is 17.8 Å². The van der Waals surface area contributed by atoms with Crippen LogP contribution in [0.4, 0.5) is 0 Å². The second-order valence-corrected chi connectivity index (χ2v) is 3.82. The highest BCUT2D eigenvalue weighted by Gasteiger charge is 2.03. The van der Waals surface area contributed by atoms with E-state index in [1.807, 2.05) is 6.07 Å². The molecule has 0 fully saturated rings. The predicted molar refractivity (Wildman–Crippen MR) is 77.3 cm³/mol. The molecule has 0 spiro atoms. The van der Waals surface area contributed by atoms with Crippen molar-refractivity contribution in [2.24, 2.45) is 10.7 Å². The van der Waals surface area contributed by atoms with Gasteiger partial charge in [-0.2, -0.15) is 10.5 Å². The topological polar surface area (TPSA) is 116 Å². The third-order valence-corrected chi connectivity index (χ3v) is 2.52. The van der Waals surface area contributed by atoms with Gasteiger partial charge < -0.3 is 20.5 Å². The average molecular weight is 285 g/mol. The summed E-state index contributed by atoms with van der Waals surface area (Å²) in [5.74, 6) is 1.25. The largest absolute Gasteiger partial charge is 0.493 e. The normalized spacial score (nSPS) is 11.2. The van der Waals surface area contributed by atoms with Gasteiger partial charge in [0.2, 0.25) is 0 Å². The van der Waals surface area contributed by atoms with Crippen molar-refractivity contribution in [3.63, 3.8) is 0 Å². The first-order valence-corrected chi connectivity index (χ1v) is 5.92. The summed E-state index contributed by atoms with van der Waals surface area (Å²) >= 11 is 0. The lowest BCUT2D eigenvalue weighted by molar-refractivity contribution is 0.354. The molecule has 7 heteroatoms. The number of rotatable bonds is 6. The van der Waals surface area contributed by atoms with Crippen LogP contribution in [-0.2, 0) is 6.54 Å². The smallest absolute Gasteiger partial charge is 0.161 e. The van der Waals surface area contributed by atoms with E-state index in [2.05, 4.69) is 10.3 Å². The molecule has 108 valence electrons. The third kappa shape index (κ3) is 4.44. The number of nitriles is 2. The molecular weight excluding hydrogens is 270 g/mol. The first-order valence-electron chi connectivity index (χ1n) is 5.92. The van der Waals surface area contributed by atoms with Gasteiger partial charge in [0.25, 0.3) is 0 Å². The maximum absolute atomic E-state index is 8.78. The first kappa shape index (κ1) is 15.9. The number of methoxy groups -OCH3 is 2. The summed E-state index contributed by atoms with van der Waals surface area (Å²) in [7, 11) is 3.12. The molecule has 0 atom stereocenters. The van der Waals surface area contributed by atoms with Crippen molar-refractivity contribution in [1.82, 2.24) is 5.32 Å². The minimum absolute atomic E-state index is 0.0337. The summed E-state index contributed by atoms with van der Waals surface area (Å²) in [5.41, 5.74) is 6.02. The van der Waals surface area contributed by atoms with Gasteiger partial charge in [-0.25, -0.2) is 0 Å². The van der Waals surface area contributed by atoms with Crippen LogP contribution < -0.4 is 20.5 Å². The maximum atomic E-state index is 8.78. The molecule has 21 heavy (non-hydrogen) atoms. The number of nitrogens with one attached hydrogen (secondary N) is 1. The van der Waals surface area contributed by atoms with Gasteiger partial charge in [-0.1, -0.05) is 6.07 Å². The first-order chi connectivity index (χ1) is 10.2. The summed E-state index contributed by atoms with van der Waals surface area (Å²) in [6.45, 7) is 0.374. The Labute approximate surface area is 122 Å². The molecule has 0 aliphatic carbocycles. The van der Waals surface area contributed by atoms with E-state index in [0.717, 1.165) is 5.56 Å². The molecule has 0 bridgehead atoms. The van der Waals surface area contributed by atoms with Crippen molar-refractivity contribution >= 4 is 6.34 Å². The molecule has 3 N–H and O–H groups in total. The van der Waals surface area contributed by atoms with Crippen LogP contribution >= 0.6 is 0 Å². The SMILES string of the molecule is COc1ccc(CN=CN/C(C#N)=C(/N)C#N)cc1OC. The standard InChI is InChI=1S/C14H15N5O2/c1-20-13-4-3-10(5-14(13)21-2)8-18-9-19-12(7-16)11(17)6-15/h3-5,9H,8,17H2,1-2H3,(H,18,19)/b12-11+. The molecule has 1 aromatic rings. The summed E-state index contributed by atoms with van der Waals surface area (Å²) in [6.07, 6.45) is 1.32. The quantitative estimate of drug-likeness (QED) is 0.458. The number of allylic oxidation sites excluding steroid dienone is 2. The van der Waals surface area contributed by atoms with E-state index in [4.69, 9.17) is 25.7 Å². The lowest BCUT2D eigenvalue weighted by atomic mass is 10.2. The van der Waals surface area contributed by atoms with Crippen molar-refractivity contribution in [3.05, 3.63) is 35.2 Å². The molecule has 0 saturated heterocycles. The average Bonchev–Trinajstić information content (AvgIpc) is 2.53. The zero-order chi connectivity index (χ0) is 15.7. The molecule has 1 aromatic carbocycles. The van der Waals surface area contributed by atoms with Gasteiger partial charge in [-0.05, 0) is 17.7 Å². The minimum Gasteiger partial charge on any atom is -0.493 e. The fraction of sp³-hybridized carbons (Fsp3) is 0.214. The van der Waals surface area contributed by atoms with Crippen molar-refractivity contribution in [2.45, 2.75) is 6.54 Å². The van der Waals surface area contributed by atoms with E-state index in [9.17, 15) is 0 Å². The summed E-state index contributed by atoms with van der Waals surface area (Å²) in [6, 6.07) is 8.90. The molecule has 0 heterocycles. The molecular formula is C14H15N5O2. The van der Waals surface area contributed by atoms with E-state index < -0.39 is 0 Å². The Morgan fingerprint density at radius 1 is 1.29 bits per heavy atom. The number of nitrogens with zero attached hydrogens (tertiary/aromatic N) is 3. The van der Waals surface area contributed by atoms with E-state index in [0.29, 0.717) is 18.0 Å². The van der Waals surface area contributed by atoms with Crippen LogP contribution in [0.3, 0.4) is 0 Å². The van der Waals surface area contributed by atoms with Crippen LogP contribution in [0.5, 0.6) is 11.5 Å². The Bertz CT molecular complexity index is 638. The molecule has 0 aliphatic heterocycles. The van der Waals surface area contributed by atoms with Gasteiger partial charge >= 0.3 is 0 Å². The van der Waals surface area contributed by atoms with Gasteiger partial charge in [0, 0.05) is 0 Å². The highest BCUT2D eigenvalue weighted by atomic mass is 16.5. The van der Waals surface area contributed by atoms with Gasteiger partial charge in [0.15, 0.2) is 17.2 Å². The summed E-state index contributed by atoms with van der Waals surface area (Å²) < 4.78 is 10.3. The van der Waals surface area contributed by atoms with Gasteiger partial charge in [0.05, 0.1) is 27.1 Å². The Morgan fingerprint density at radius 2 is 2.00 bits per heavy atom. The van der Waals surface area contributed by atoms with Crippen molar-refractivity contribution in [2.75, 3.05) is 14.2 Å². The fourth-order valence-electron chi connectivity index (χ4n) is 1.47. The van der Waals surface area contributed by atoms with Crippen molar-refractivity contribution in [3.8, 4) is 23.6 Å². The summed E-state index contributed by atoms with van der Waals surface area (Å²) in [4.78, 5) is 4.09. The zero-order valence-corrected chi connectivity index (χ0v) is 11.8. The highest BCUT2D eigenvalue weighted by molar-refractivity contribution is 5.60. The van der Waals surface area contributed by atoms with E-state index >= 15 is 0 Å². The zero-order valence-electron chi connectivity index (χ0n) is 11.8. The Morgan fingerprint density at radius 3 is 2.57 bits per heavy atom. The Balaban J connectivity index is 2.70. The molecule has 0 radical (unpaired) electrons. The molecule has 0 saturated carbocycles. The maximum Gasteiger partial charge on any atom is 0.161 e. The van der Waals surface area contributed by atoms with E-state index in [-0.39, 0.29) is 11.4 Å².